The molecule has 0 bridgehead atoms. The van der Waals surface area contributed by atoms with Crippen LogP contribution in [0.5, 0.6) is 0 Å². The van der Waals surface area contributed by atoms with E-state index in [0.717, 1.165) is 11.1 Å². The maximum Gasteiger partial charge on any atom is 0.117 e. The first kappa shape index (κ1) is 21.3. The van der Waals surface area contributed by atoms with Crippen LogP contribution >= 0.6 is 0 Å². The minimum absolute atomic E-state index is 0.129. The van der Waals surface area contributed by atoms with Crippen molar-refractivity contribution in [2.45, 2.75) is 49.6 Å². The fourth-order valence-electron chi connectivity index (χ4n) is 3.51. The minimum Gasteiger partial charge on any atom is -0.390 e. The van der Waals surface area contributed by atoms with Crippen molar-refractivity contribution in [3.63, 3.8) is 0 Å². The third-order valence-corrected chi connectivity index (χ3v) is 5.10. The number of benzene rings is 2. The molecular formula is C21H25N3O5. The number of aliphatic hydroxyl groups is 3. The van der Waals surface area contributed by atoms with E-state index in [1.807, 2.05) is 60.7 Å². The fourth-order valence-corrected chi connectivity index (χ4v) is 3.51. The first-order chi connectivity index (χ1) is 14.0. The van der Waals surface area contributed by atoms with Crippen molar-refractivity contribution in [3.8, 4) is 0 Å². The minimum atomic E-state index is -1.73. The second-order valence-corrected chi connectivity index (χ2v) is 7.26. The van der Waals surface area contributed by atoms with E-state index in [0.29, 0.717) is 0 Å². The number of nitrogens with zero attached hydrogens (tertiary/aromatic N) is 3. The highest BCUT2D eigenvalue weighted by molar-refractivity contribution is 5.15. The highest BCUT2D eigenvalue weighted by Gasteiger charge is 2.52. The van der Waals surface area contributed by atoms with Crippen LogP contribution < -0.4 is 0 Å². The number of hydrogen-bond donors (Lipinski definition) is 3. The first-order valence-corrected chi connectivity index (χ1v) is 9.43. The lowest BCUT2D eigenvalue weighted by atomic mass is 9.76. The van der Waals surface area contributed by atoms with Gasteiger partial charge >= 0.3 is 0 Å². The van der Waals surface area contributed by atoms with E-state index in [9.17, 15) is 15.3 Å². The molecule has 2 aromatic rings. The van der Waals surface area contributed by atoms with E-state index in [-0.39, 0.29) is 26.2 Å². The molecular weight excluding hydrogens is 374 g/mol. The van der Waals surface area contributed by atoms with Crippen molar-refractivity contribution in [2.75, 3.05) is 6.61 Å². The van der Waals surface area contributed by atoms with Crippen molar-refractivity contribution in [2.24, 2.45) is 5.11 Å². The van der Waals surface area contributed by atoms with Crippen LogP contribution in [0, 0.1) is 0 Å². The highest BCUT2D eigenvalue weighted by Crippen LogP contribution is 2.34. The summed E-state index contributed by atoms with van der Waals surface area (Å²) in [6.07, 6.45) is -3.94. The van der Waals surface area contributed by atoms with Crippen LogP contribution in [0.1, 0.15) is 17.5 Å². The molecule has 0 spiro atoms. The number of azide groups is 1. The Hall–Kier alpha value is -2.45. The van der Waals surface area contributed by atoms with E-state index in [4.69, 9.17) is 15.0 Å². The van der Waals surface area contributed by atoms with Gasteiger partial charge in [0.2, 0.25) is 0 Å². The molecule has 3 N–H and O–H groups in total. The lowest BCUT2D eigenvalue weighted by molar-refractivity contribution is -0.226. The topological polar surface area (TPSA) is 128 Å². The third kappa shape index (κ3) is 5.33. The summed E-state index contributed by atoms with van der Waals surface area (Å²) in [5, 5.41) is 36.0. The highest BCUT2D eigenvalue weighted by atomic mass is 16.5. The predicted octanol–water partition coefficient (Wildman–Crippen LogP) is 2.32. The van der Waals surface area contributed by atoms with Gasteiger partial charge in [0.05, 0.1) is 32.0 Å². The van der Waals surface area contributed by atoms with Crippen LogP contribution in [-0.2, 0) is 22.7 Å². The lowest BCUT2D eigenvalue weighted by Crippen LogP contribution is -2.64. The molecule has 8 heteroatoms. The molecule has 29 heavy (non-hydrogen) atoms. The van der Waals surface area contributed by atoms with E-state index in [1.54, 1.807) is 0 Å². The summed E-state index contributed by atoms with van der Waals surface area (Å²) < 4.78 is 11.4. The molecule has 0 radical (unpaired) electrons. The maximum absolute atomic E-state index is 11.1. The van der Waals surface area contributed by atoms with E-state index >= 15 is 0 Å². The molecule has 1 saturated carbocycles. The molecule has 1 aliphatic carbocycles. The maximum atomic E-state index is 11.1. The van der Waals surface area contributed by atoms with Crippen LogP contribution in [0.2, 0.25) is 0 Å². The van der Waals surface area contributed by atoms with Crippen LogP contribution in [0.25, 0.3) is 10.4 Å². The third-order valence-electron chi connectivity index (χ3n) is 5.10. The van der Waals surface area contributed by atoms with Crippen molar-refractivity contribution in [3.05, 3.63) is 82.2 Å². The van der Waals surface area contributed by atoms with Gasteiger partial charge in [0.25, 0.3) is 0 Å². The predicted molar refractivity (Wildman–Crippen MR) is 106 cm³/mol. The standard InChI is InChI=1S/C21H25N3O5/c22-24-23-17-11-21(27,14-28-12-15-7-3-1-4-8-15)20(26)19(18(17)25)29-13-16-9-5-2-6-10-16/h1-10,17-20,25-27H,11-14H2/t17-,18-,19-,20+,21+/m1/s1. The molecule has 5 atom stereocenters. The molecule has 0 unspecified atom stereocenters. The molecule has 2 aromatic carbocycles. The Kier molecular flexibility index (Phi) is 7.22. The Bertz CT molecular complexity index is 816. The lowest BCUT2D eigenvalue weighted by Gasteiger charge is -2.46. The van der Waals surface area contributed by atoms with Gasteiger partial charge in [-0.3, -0.25) is 0 Å². The number of aliphatic hydroxyl groups excluding tert-OH is 2. The van der Waals surface area contributed by atoms with E-state index in [1.165, 1.54) is 0 Å². The number of hydrogen-bond acceptors (Lipinski definition) is 6. The summed E-state index contributed by atoms with van der Waals surface area (Å²) in [6.45, 7) is 0.183. The van der Waals surface area contributed by atoms with Crippen LogP contribution in [-0.4, -0.2) is 51.9 Å². The summed E-state index contributed by atoms with van der Waals surface area (Å²) in [4.78, 5) is 2.76. The van der Waals surface area contributed by atoms with Gasteiger partial charge < -0.3 is 24.8 Å². The molecule has 0 aromatic heterocycles. The summed E-state index contributed by atoms with van der Waals surface area (Å²) in [7, 11) is 0. The van der Waals surface area contributed by atoms with Gasteiger partial charge in [-0.15, -0.1) is 0 Å². The van der Waals surface area contributed by atoms with Crippen LogP contribution in [0.15, 0.2) is 65.8 Å². The van der Waals surface area contributed by atoms with Gasteiger partial charge in [-0.1, -0.05) is 65.8 Å². The second-order valence-electron chi connectivity index (χ2n) is 7.26. The number of rotatable bonds is 8. The Morgan fingerprint density at radius 2 is 1.59 bits per heavy atom. The van der Waals surface area contributed by atoms with Gasteiger partial charge in [-0.05, 0) is 23.1 Å². The normalized spacial score (nSPS) is 29.2. The average molecular weight is 399 g/mol. The summed E-state index contributed by atoms with van der Waals surface area (Å²) in [6, 6.07) is 17.7. The molecule has 1 fully saturated rings. The zero-order valence-corrected chi connectivity index (χ0v) is 15.9. The Morgan fingerprint density at radius 1 is 1.00 bits per heavy atom. The molecule has 154 valence electrons. The molecule has 8 nitrogen and oxygen atoms in total. The van der Waals surface area contributed by atoms with E-state index in [2.05, 4.69) is 10.0 Å². The Labute approximate surface area is 169 Å². The molecule has 0 amide bonds. The van der Waals surface area contributed by atoms with Gasteiger partial charge in [0.1, 0.15) is 17.8 Å². The SMILES string of the molecule is [N-]=[N+]=N[C@@H]1C[C@](O)(COCc2ccccc2)[C@@H](O)[C@H](OCc2ccccc2)[C@@H]1O. The number of ether oxygens (including phenoxy) is 2. The Morgan fingerprint density at radius 3 is 2.17 bits per heavy atom. The van der Waals surface area contributed by atoms with Gasteiger partial charge in [0.15, 0.2) is 0 Å². The van der Waals surface area contributed by atoms with E-state index < -0.39 is 30.0 Å². The fraction of sp³-hybridized carbons (Fsp3) is 0.429. The van der Waals surface area contributed by atoms with Crippen LogP contribution in [0.3, 0.4) is 0 Å². The zero-order chi connectivity index (χ0) is 20.7. The Balaban J connectivity index is 1.70. The second kappa shape index (κ2) is 9.84. The summed E-state index contributed by atoms with van der Waals surface area (Å²) in [5.41, 5.74) is 8.86. The molecule has 0 saturated heterocycles. The van der Waals surface area contributed by atoms with Gasteiger partial charge in [-0.25, -0.2) is 0 Å². The van der Waals surface area contributed by atoms with Crippen molar-refractivity contribution < 1.29 is 24.8 Å². The monoisotopic (exact) mass is 399 g/mol. The molecule has 3 rings (SSSR count). The molecule has 0 heterocycles. The largest absolute Gasteiger partial charge is 0.390 e. The first-order valence-electron chi connectivity index (χ1n) is 9.43. The zero-order valence-electron chi connectivity index (χ0n) is 15.9. The summed E-state index contributed by atoms with van der Waals surface area (Å²) in [5.74, 6) is 0. The van der Waals surface area contributed by atoms with Crippen molar-refractivity contribution in [1.82, 2.24) is 0 Å². The van der Waals surface area contributed by atoms with Crippen molar-refractivity contribution >= 4 is 0 Å². The average Bonchev–Trinajstić information content (AvgIpc) is 2.74. The van der Waals surface area contributed by atoms with Gasteiger partial charge in [0, 0.05) is 4.91 Å². The van der Waals surface area contributed by atoms with Crippen LogP contribution in [0.4, 0.5) is 0 Å². The van der Waals surface area contributed by atoms with Gasteiger partial charge in [-0.2, -0.15) is 0 Å². The molecule has 1 aliphatic rings. The summed E-state index contributed by atoms with van der Waals surface area (Å²) >= 11 is 0. The van der Waals surface area contributed by atoms with Crippen molar-refractivity contribution in [1.29, 1.82) is 0 Å². The molecule has 0 aliphatic heterocycles. The quantitative estimate of drug-likeness (QED) is 0.356. The smallest absolute Gasteiger partial charge is 0.117 e.